The fourth-order valence-corrected chi connectivity index (χ4v) is 4.11. The first kappa shape index (κ1) is 26.9. The Labute approximate surface area is 196 Å². The third-order valence-corrected chi connectivity index (χ3v) is 5.59. The highest BCUT2D eigenvalue weighted by atomic mass is 127. The van der Waals surface area contributed by atoms with Gasteiger partial charge in [0.05, 0.1) is 18.8 Å². The lowest BCUT2D eigenvalue weighted by Crippen LogP contribution is -2.50. The lowest BCUT2D eigenvalue weighted by molar-refractivity contribution is -0.0284. The quantitative estimate of drug-likeness (QED) is 0.187. The summed E-state index contributed by atoms with van der Waals surface area (Å²) in [5, 5.41) is 6.84. The molecule has 2 rings (SSSR count). The van der Waals surface area contributed by atoms with Gasteiger partial charge < -0.3 is 20.1 Å². The minimum Gasteiger partial charge on any atom is -0.378 e. The predicted molar refractivity (Wildman–Crippen MR) is 132 cm³/mol. The molecule has 2 aliphatic rings. The third kappa shape index (κ3) is 12.4. The van der Waals surface area contributed by atoms with Crippen molar-refractivity contribution in [3.63, 3.8) is 0 Å². The van der Waals surface area contributed by atoms with E-state index in [-0.39, 0.29) is 30.1 Å². The Morgan fingerprint density at radius 1 is 1.14 bits per heavy atom. The molecule has 6 nitrogen and oxygen atoms in total. The predicted octanol–water partition coefficient (Wildman–Crippen LogP) is 3.65. The van der Waals surface area contributed by atoms with Crippen molar-refractivity contribution in [1.82, 2.24) is 15.5 Å². The highest BCUT2D eigenvalue weighted by molar-refractivity contribution is 14.0. The Morgan fingerprint density at radius 3 is 2.66 bits per heavy atom. The van der Waals surface area contributed by atoms with Gasteiger partial charge in [-0.15, -0.1) is 24.0 Å². The van der Waals surface area contributed by atoms with Crippen molar-refractivity contribution in [3.05, 3.63) is 0 Å². The summed E-state index contributed by atoms with van der Waals surface area (Å²) in [6.07, 6.45) is 10.9. The van der Waals surface area contributed by atoms with Crippen LogP contribution in [0.2, 0.25) is 0 Å². The zero-order valence-corrected chi connectivity index (χ0v) is 21.3. The SMILES string of the molecule is CN=C(NCCCCCOC1CCCCC1)NCC1CN(CC(C)C)CCO1.I. The second-order valence-corrected chi connectivity index (χ2v) is 8.72. The van der Waals surface area contributed by atoms with Crippen LogP contribution in [-0.4, -0.2) is 76.1 Å². The average molecular weight is 525 g/mol. The molecule has 1 unspecified atom stereocenters. The molecule has 172 valence electrons. The minimum absolute atomic E-state index is 0. The van der Waals surface area contributed by atoms with E-state index in [4.69, 9.17) is 9.47 Å². The van der Waals surface area contributed by atoms with E-state index in [1.54, 1.807) is 0 Å². The Morgan fingerprint density at radius 2 is 1.93 bits per heavy atom. The van der Waals surface area contributed by atoms with E-state index in [1.165, 1.54) is 38.5 Å². The van der Waals surface area contributed by atoms with Crippen molar-refractivity contribution in [2.24, 2.45) is 10.9 Å². The molecule has 2 N–H and O–H groups in total. The first-order valence-electron chi connectivity index (χ1n) is 11.6. The summed E-state index contributed by atoms with van der Waals surface area (Å²) in [5.74, 6) is 1.58. The molecule has 0 aromatic carbocycles. The summed E-state index contributed by atoms with van der Waals surface area (Å²) in [4.78, 5) is 6.84. The number of hydrogen-bond donors (Lipinski definition) is 2. The van der Waals surface area contributed by atoms with Gasteiger partial charge in [0.2, 0.25) is 0 Å². The zero-order chi connectivity index (χ0) is 20.0. The molecule has 7 heteroatoms. The van der Waals surface area contributed by atoms with Crippen LogP contribution in [0.15, 0.2) is 4.99 Å². The largest absolute Gasteiger partial charge is 0.378 e. The van der Waals surface area contributed by atoms with E-state index in [9.17, 15) is 0 Å². The number of halogens is 1. The van der Waals surface area contributed by atoms with E-state index >= 15 is 0 Å². The van der Waals surface area contributed by atoms with Gasteiger partial charge >= 0.3 is 0 Å². The first-order chi connectivity index (χ1) is 13.7. The van der Waals surface area contributed by atoms with E-state index in [0.717, 1.165) is 64.7 Å². The molecule has 2 fully saturated rings. The molecule has 0 aromatic heterocycles. The number of ether oxygens (including phenoxy) is 2. The molecule has 1 saturated carbocycles. The molecule has 1 aliphatic heterocycles. The summed E-state index contributed by atoms with van der Waals surface area (Å²) in [6.45, 7) is 11.3. The van der Waals surface area contributed by atoms with Gasteiger partial charge in [-0.2, -0.15) is 0 Å². The molecular weight excluding hydrogens is 479 g/mol. The fourth-order valence-electron chi connectivity index (χ4n) is 4.11. The van der Waals surface area contributed by atoms with Crippen LogP contribution in [-0.2, 0) is 9.47 Å². The van der Waals surface area contributed by atoms with Crippen LogP contribution in [0.1, 0.15) is 65.2 Å². The van der Waals surface area contributed by atoms with Gasteiger partial charge in [-0.05, 0) is 38.0 Å². The lowest BCUT2D eigenvalue weighted by atomic mass is 9.98. The van der Waals surface area contributed by atoms with Gasteiger partial charge in [-0.1, -0.05) is 33.1 Å². The molecule has 1 aliphatic carbocycles. The number of nitrogens with zero attached hydrogens (tertiary/aromatic N) is 2. The van der Waals surface area contributed by atoms with Crippen LogP contribution in [0.25, 0.3) is 0 Å². The summed E-state index contributed by atoms with van der Waals surface area (Å²) in [6, 6.07) is 0. The van der Waals surface area contributed by atoms with Gasteiger partial charge in [-0.3, -0.25) is 9.89 Å². The topological polar surface area (TPSA) is 58.1 Å². The molecule has 0 amide bonds. The minimum atomic E-state index is 0. The Kier molecular flexibility index (Phi) is 15.4. The Bertz CT molecular complexity index is 431. The summed E-state index contributed by atoms with van der Waals surface area (Å²) >= 11 is 0. The fraction of sp³-hybridized carbons (Fsp3) is 0.955. The van der Waals surface area contributed by atoms with Gasteiger partial charge in [0.15, 0.2) is 5.96 Å². The van der Waals surface area contributed by atoms with Crippen LogP contribution in [0.4, 0.5) is 0 Å². The number of rotatable bonds is 11. The maximum Gasteiger partial charge on any atom is 0.191 e. The summed E-state index contributed by atoms with van der Waals surface area (Å²) < 4.78 is 11.9. The maximum absolute atomic E-state index is 6.00. The first-order valence-corrected chi connectivity index (χ1v) is 11.6. The molecular formula is C22H45IN4O2. The normalized spacial score (nSPS) is 21.8. The van der Waals surface area contributed by atoms with Crippen molar-refractivity contribution in [2.45, 2.75) is 77.4 Å². The van der Waals surface area contributed by atoms with E-state index < -0.39 is 0 Å². The molecule has 29 heavy (non-hydrogen) atoms. The van der Waals surface area contributed by atoms with Gasteiger partial charge in [-0.25, -0.2) is 0 Å². The number of morpholine rings is 1. The van der Waals surface area contributed by atoms with Crippen molar-refractivity contribution >= 4 is 29.9 Å². The van der Waals surface area contributed by atoms with Gasteiger partial charge in [0.1, 0.15) is 0 Å². The molecule has 0 bridgehead atoms. The van der Waals surface area contributed by atoms with Crippen molar-refractivity contribution in [3.8, 4) is 0 Å². The van der Waals surface area contributed by atoms with Crippen LogP contribution in [0, 0.1) is 5.92 Å². The highest BCUT2D eigenvalue weighted by Gasteiger charge is 2.21. The smallest absolute Gasteiger partial charge is 0.191 e. The Balaban J connectivity index is 0.00000420. The third-order valence-electron chi connectivity index (χ3n) is 5.59. The van der Waals surface area contributed by atoms with Gasteiger partial charge in [0, 0.05) is 46.4 Å². The molecule has 0 radical (unpaired) electrons. The summed E-state index contributed by atoms with van der Waals surface area (Å²) in [7, 11) is 1.83. The van der Waals surface area contributed by atoms with E-state index in [0.29, 0.717) is 12.0 Å². The van der Waals surface area contributed by atoms with Gasteiger partial charge in [0.25, 0.3) is 0 Å². The number of hydrogen-bond acceptors (Lipinski definition) is 4. The van der Waals surface area contributed by atoms with Crippen LogP contribution < -0.4 is 10.6 Å². The van der Waals surface area contributed by atoms with E-state index in [2.05, 4.69) is 34.4 Å². The second kappa shape index (κ2) is 16.6. The number of nitrogens with one attached hydrogen (secondary N) is 2. The number of guanidine groups is 1. The average Bonchev–Trinajstić information content (AvgIpc) is 2.70. The van der Waals surface area contributed by atoms with Crippen molar-refractivity contribution in [1.29, 1.82) is 0 Å². The molecule has 0 spiro atoms. The number of unbranched alkanes of at least 4 members (excludes halogenated alkanes) is 2. The highest BCUT2D eigenvalue weighted by Crippen LogP contribution is 2.20. The zero-order valence-electron chi connectivity index (χ0n) is 19.0. The lowest BCUT2D eigenvalue weighted by Gasteiger charge is -2.34. The standard InChI is InChI=1S/C22H44N4O2.HI/c1-19(2)17-26-13-15-28-21(18-26)16-25-22(23-3)24-12-8-5-9-14-27-20-10-6-4-7-11-20;/h19-21H,4-18H2,1-3H3,(H2,23,24,25);1H. The molecule has 1 atom stereocenters. The van der Waals surface area contributed by atoms with Crippen LogP contribution >= 0.6 is 24.0 Å². The molecule has 1 saturated heterocycles. The van der Waals surface area contributed by atoms with Crippen molar-refractivity contribution < 1.29 is 9.47 Å². The van der Waals surface area contributed by atoms with Crippen LogP contribution in [0.3, 0.4) is 0 Å². The maximum atomic E-state index is 6.00. The number of aliphatic imine (C=N–C) groups is 1. The van der Waals surface area contributed by atoms with Crippen LogP contribution in [0.5, 0.6) is 0 Å². The van der Waals surface area contributed by atoms with E-state index in [1.807, 2.05) is 7.05 Å². The second-order valence-electron chi connectivity index (χ2n) is 8.72. The molecule has 0 aromatic rings. The molecule has 1 heterocycles. The van der Waals surface area contributed by atoms with Crippen molar-refractivity contribution in [2.75, 3.05) is 53.0 Å². The summed E-state index contributed by atoms with van der Waals surface area (Å²) in [5.41, 5.74) is 0. The Hall–Kier alpha value is -0.120. The monoisotopic (exact) mass is 524 g/mol.